The topological polar surface area (TPSA) is 47.0 Å². The first-order valence-electron chi connectivity index (χ1n) is 7.41. The van der Waals surface area contributed by atoms with E-state index in [0.29, 0.717) is 5.92 Å². The van der Waals surface area contributed by atoms with Crippen LogP contribution < -0.4 is 5.32 Å². The number of hydrogen-bond acceptors (Lipinski definition) is 4. The van der Waals surface area contributed by atoms with Crippen LogP contribution in [-0.2, 0) is 17.6 Å². The van der Waals surface area contributed by atoms with Crippen LogP contribution in [0.15, 0.2) is 6.33 Å². The Hall–Kier alpha value is -1.16. The van der Waals surface area contributed by atoms with Crippen LogP contribution in [0.25, 0.3) is 0 Å². The van der Waals surface area contributed by atoms with Crippen molar-refractivity contribution in [3.63, 3.8) is 0 Å². The maximum absolute atomic E-state index is 5.60. The van der Waals surface area contributed by atoms with Crippen molar-refractivity contribution < 1.29 is 4.74 Å². The average molecular weight is 263 g/mol. The first kappa shape index (κ1) is 14.3. The Morgan fingerprint density at radius 3 is 2.89 bits per heavy atom. The van der Waals surface area contributed by atoms with Gasteiger partial charge in [-0.05, 0) is 38.0 Å². The van der Waals surface area contributed by atoms with Crippen molar-refractivity contribution in [2.75, 3.05) is 25.1 Å². The Balaban J connectivity index is 1.74. The molecule has 1 heterocycles. The Labute approximate surface area is 116 Å². The number of aryl methyl sites for hydroxylation is 1. The summed E-state index contributed by atoms with van der Waals surface area (Å²) < 4.78 is 5.60. The molecule has 1 aromatic heterocycles. The van der Waals surface area contributed by atoms with E-state index in [0.717, 1.165) is 44.8 Å². The molecule has 1 aliphatic carbocycles. The molecule has 0 saturated heterocycles. The summed E-state index contributed by atoms with van der Waals surface area (Å²) in [5.74, 6) is 1.72. The monoisotopic (exact) mass is 263 g/mol. The van der Waals surface area contributed by atoms with Gasteiger partial charge in [0.2, 0.25) is 0 Å². The fourth-order valence-electron chi connectivity index (χ4n) is 2.34. The lowest BCUT2D eigenvalue weighted by Crippen LogP contribution is -2.16. The highest BCUT2D eigenvalue weighted by atomic mass is 16.5. The third kappa shape index (κ3) is 4.46. The summed E-state index contributed by atoms with van der Waals surface area (Å²) >= 11 is 0. The predicted octanol–water partition coefficient (Wildman–Crippen LogP) is 2.83. The van der Waals surface area contributed by atoms with E-state index in [1.165, 1.54) is 24.1 Å². The predicted molar refractivity (Wildman–Crippen MR) is 77.4 cm³/mol. The zero-order chi connectivity index (χ0) is 13.5. The molecule has 0 fully saturated rings. The second-order valence-electron chi connectivity index (χ2n) is 5.58. The molecule has 4 nitrogen and oxygen atoms in total. The van der Waals surface area contributed by atoms with Gasteiger partial charge in [-0.15, -0.1) is 0 Å². The maximum Gasteiger partial charge on any atom is 0.132 e. The molecule has 0 radical (unpaired) electrons. The molecule has 1 N–H and O–H groups in total. The number of anilines is 1. The summed E-state index contributed by atoms with van der Waals surface area (Å²) in [4.78, 5) is 8.73. The molecule has 4 heteroatoms. The number of hydrogen-bond donors (Lipinski definition) is 1. The zero-order valence-electron chi connectivity index (χ0n) is 12.1. The van der Waals surface area contributed by atoms with Gasteiger partial charge in [-0.1, -0.05) is 13.8 Å². The number of nitrogens with zero attached hydrogens (tertiary/aromatic N) is 2. The smallest absolute Gasteiger partial charge is 0.132 e. The van der Waals surface area contributed by atoms with Crippen LogP contribution in [0, 0.1) is 5.92 Å². The highest BCUT2D eigenvalue weighted by molar-refractivity contribution is 5.46. The van der Waals surface area contributed by atoms with Gasteiger partial charge >= 0.3 is 0 Å². The summed E-state index contributed by atoms with van der Waals surface area (Å²) in [6.07, 6.45) is 7.50. The van der Waals surface area contributed by atoms with Crippen LogP contribution in [-0.4, -0.2) is 29.7 Å². The molecule has 0 aromatic carbocycles. The van der Waals surface area contributed by atoms with Crippen molar-refractivity contribution in [3.05, 3.63) is 17.6 Å². The van der Waals surface area contributed by atoms with Gasteiger partial charge in [0, 0.05) is 24.4 Å². The lowest BCUT2D eigenvalue weighted by Gasteiger charge is -2.18. The van der Waals surface area contributed by atoms with Crippen LogP contribution in [0.3, 0.4) is 0 Å². The summed E-state index contributed by atoms with van der Waals surface area (Å²) in [7, 11) is 0. The van der Waals surface area contributed by atoms with Crippen LogP contribution in [0.2, 0.25) is 0 Å². The average Bonchev–Trinajstić information content (AvgIpc) is 2.42. The van der Waals surface area contributed by atoms with Crippen molar-refractivity contribution in [1.82, 2.24) is 9.97 Å². The number of aromatic nitrogens is 2. The van der Waals surface area contributed by atoms with Gasteiger partial charge < -0.3 is 10.1 Å². The van der Waals surface area contributed by atoms with Gasteiger partial charge in [-0.2, -0.15) is 0 Å². The molecule has 2 rings (SSSR count). The first-order valence-corrected chi connectivity index (χ1v) is 7.41. The lowest BCUT2D eigenvalue weighted by molar-refractivity contribution is 0.132. The third-order valence-electron chi connectivity index (χ3n) is 3.50. The summed E-state index contributed by atoms with van der Waals surface area (Å²) in [5, 5.41) is 3.38. The lowest BCUT2D eigenvalue weighted by atomic mass is 9.96. The fraction of sp³-hybridized carbons (Fsp3) is 0.733. The van der Waals surface area contributed by atoms with E-state index < -0.39 is 0 Å². The van der Waals surface area contributed by atoms with E-state index in [-0.39, 0.29) is 0 Å². The van der Waals surface area contributed by atoms with Crippen molar-refractivity contribution in [1.29, 1.82) is 0 Å². The minimum atomic E-state index is 0.710. The van der Waals surface area contributed by atoms with Gasteiger partial charge in [0.1, 0.15) is 12.1 Å². The van der Waals surface area contributed by atoms with Gasteiger partial charge in [0.25, 0.3) is 0 Å². The molecule has 0 amide bonds. The summed E-state index contributed by atoms with van der Waals surface area (Å²) in [6, 6.07) is 0. The fourth-order valence-corrected chi connectivity index (χ4v) is 2.34. The zero-order valence-corrected chi connectivity index (χ0v) is 12.1. The van der Waals surface area contributed by atoms with E-state index >= 15 is 0 Å². The third-order valence-corrected chi connectivity index (χ3v) is 3.50. The number of fused-ring (bicyclic) bond motifs is 1. The second-order valence-corrected chi connectivity index (χ2v) is 5.58. The Morgan fingerprint density at radius 2 is 2.05 bits per heavy atom. The van der Waals surface area contributed by atoms with Crippen molar-refractivity contribution >= 4 is 5.82 Å². The summed E-state index contributed by atoms with van der Waals surface area (Å²) in [6.45, 7) is 6.85. The van der Waals surface area contributed by atoms with Crippen LogP contribution in [0.1, 0.15) is 44.4 Å². The number of nitrogens with one attached hydrogen (secondary N) is 1. The van der Waals surface area contributed by atoms with Gasteiger partial charge in [0.05, 0.1) is 6.61 Å². The van der Waals surface area contributed by atoms with E-state index in [2.05, 4.69) is 29.1 Å². The van der Waals surface area contributed by atoms with E-state index in [9.17, 15) is 0 Å². The van der Waals surface area contributed by atoms with E-state index in [4.69, 9.17) is 4.74 Å². The largest absolute Gasteiger partial charge is 0.380 e. The maximum atomic E-state index is 5.60. The normalized spacial score (nSPS) is 14.5. The van der Waals surface area contributed by atoms with Crippen LogP contribution in [0.5, 0.6) is 0 Å². The standard InChI is InChI=1S/C15H25N3O/c1-12(2)7-9-19-10-8-16-15-13-5-3-4-6-14(13)17-11-18-15/h11-12H,3-10H2,1-2H3,(H,16,17,18). The molecule has 0 spiro atoms. The van der Waals surface area contributed by atoms with Crippen molar-refractivity contribution in [2.24, 2.45) is 5.92 Å². The molecule has 19 heavy (non-hydrogen) atoms. The minimum absolute atomic E-state index is 0.710. The Kier molecular flexibility index (Phi) is 5.58. The highest BCUT2D eigenvalue weighted by Crippen LogP contribution is 2.23. The molecular weight excluding hydrogens is 238 g/mol. The van der Waals surface area contributed by atoms with Crippen molar-refractivity contribution in [2.45, 2.75) is 46.0 Å². The SMILES string of the molecule is CC(C)CCOCCNc1ncnc2c1CCCC2. The molecule has 1 aliphatic rings. The van der Waals surface area contributed by atoms with Gasteiger partial charge in [0.15, 0.2) is 0 Å². The molecule has 0 aliphatic heterocycles. The molecular formula is C15H25N3O. The quantitative estimate of drug-likeness (QED) is 0.768. The molecule has 0 saturated carbocycles. The van der Waals surface area contributed by atoms with E-state index in [1.807, 2.05) is 0 Å². The van der Waals surface area contributed by atoms with Gasteiger partial charge in [-0.25, -0.2) is 9.97 Å². The highest BCUT2D eigenvalue weighted by Gasteiger charge is 2.14. The first-order chi connectivity index (χ1) is 9.27. The van der Waals surface area contributed by atoms with Crippen LogP contribution in [0.4, 0.5) is 5.82 Å². The Morgan fingerprint density at radius 1 is 1.21 bits per heavy atom. The molecule has 0 unspecified atom stereocenters. The Bertz CT molecular complexity index is 393. The molecule has 1 aromatic rings. The minimum Gasteiger partial charge on any atom is -0.380 e. The molecule has 106 valence electrons. The molecule has 0 atom stereocenters. The van der Waals surface area contributed by atoms with Crippen LogP contribution >= 0.6 is 0 Å². The van der Waals surface area contributed by atoms with Gasteiger partial charge in [-0.3, -0.25) is 0 Å². The van der Waals surface area contributed by atoms with E-state index in [1.54, 1.807) is 6.33 Å². The van der Waals surface area contributed by atoms with Crippen molar-refractivity contribution in [3.8, 4) is 0 Å². The molecule has 0 bridgehead atoms. The number of ether oxygens (including phenoxy) is 1. The number of rotatable bonds is 7. The summed E-state index contributed by atoms with van der Waals surface area (Å²) in [5.41, 5.74) is 2.54. The second kappa shape index (κ2) is 7.43.